The lowest BCUT2D eigenvalue weighted by Gasteiger charge is -2.34. The summed E-state index contributed by atoms with van der Waals surface area (Å²) >= 11 is 1.30. The van der Waals surface area contributed by atoms with Gasteiger partial charge in [0, 0.05) is 0 Å². The Balaban J connectivity index is 2.04. The summed E-state index contributed by atoms with van der Waals surface area (Å²) in [5, 5.41) is 0.432. The Morgan fingerprint density at radius 1 is 1.17 bits per heavy atom. The topological polar surface area (TPSA) is 59.4 Å². The highest BCUT2D eigenvalue weighted by Crippen LogP contribution is 2.61. The van der Waals surface area contributed by atoms with Crippen LogP contribution in [0.25, 0.3) is 10.2 Å². The van der Waals surface area contributed by atoms with Gasteiger partial charge in [-0.3, -0.25) is 4.57 Å². The minimum atomic E-state index is -4.22. The zero-order valence-electron chi connectivity index (χ0n) is 16.7. The zero-order valence-corrected chi connectivity index (χ0v) is 18.4. The molecule has 0 spiro atoms. The largest absolute Gasteiger partial charge is 0.338 e. The number of halogens is 2. The number of para-hydroxylation sites is 1. The van der Waals surface area contributed by atoms with E-state index in [0.29, 0.717) is 16.1 Å². The van der Waals surface area contributed by atoms with Crippen LogP contribution in [0.4, 0.5) is 8.78 Å². The van der Waals surface area contributed by atoms with E-state index in [9.17, 15) is 18.2 Å². The van der Waals surface area contributed by atoms with E-state index < -0.39 is 30.5 Å². The van der Waals surface area contributed by atoms with Crippen molar-refractivity contribution in [3.8, 4) is 0 Å². The van der Waals surface area contributed by atoms with Gasteiger partial charge in [-0.05, 0) is 56.0 Å². The molecular weight excluding hydrogens is 415 g/mol. The minimum absolute atomic E-state index is 0.00102. The van der Waals surface area contributed by atoms with E-state index in [1.54, 1.807) is 13.8 Å². The van der Waals surface area contributed by atoms with Gasteiger partial charge in [0.05, 0.1) is 15.8 Å². The van der Waals surface area contributed by atoms with Crippen LogP contribution in [0.3, 0.4) is 0 Å². The quantitative estimate of drug-likeness (QED) is 0.427. The molecule has 1 N–H and O–H groups in total. The Kier molecular flexibility index (Phi) is 6.25. The number of nitrogens with zero attached hydrogens (tertiary/aromatic N) is 1. The molecule has 0 aliphatic rings. The molecule has 0 aliphatic heterocycles. The first-order valence-corrected chi connectivity index (χ1v) is 11.8. The number of aromatic nitrogens is 1. The van der Waals surface area contributed by atoms with Crippen molar-refractivity contribution >= 4 is 29.1 Å². The smallest absolute Gasteiger partial charge is 0.324 e. The Labute approximate surface area is 173 Å². The summed E-state index contributed by atoms with van der Waals surface area (Å²) in [6, 6.07) is 10.9. The van der Waals surface area contributed by atoms with Crippen molar-refractivity contribution in [1.82, 2.24) is 4.98 Å². The van der Waals surface area contributed by atoms with Crippen LogP contribution in [0.2, 0.25) is 0 Å². The highest BCUT2D eigenvalue weighted by atomic mass is 32.1. The average molecular weight is 439 g/mol. The van der Waals surface area contributed by atoms with Crippen molar-refractivity contribution in [3.63, 3.8) is 0 Å². The first-order valence-electron chi connectivity index (χ1n) is 9.32. The van der Waals surface area contributed by atoms with Crippen LogP contribution in [0, 0.1) is 17.6 Å². The maximum atomic E-state index is 13.7. The molecule has 0 saturated carbocycles. The van der Waals surface area contributed by atoms with Gasteiger partial charge in [-0.25, -0.2) is 13.8 Å². The van der Waals surface area contributed by atoms with Crippen molar-refractivity contribution in [2.24, 2.45) is 5.92 Å². The molecule has 8 heteroatoms. The molecule has 0 amide bonds. The molecule has 3 aromatic rings. The van der Waals surface area contributed by atoms with Crippen LogP contribution < -0.4 is 0 Å². The van der Waals surface area contributed by atoms with Crippen LogP contribution in [0.15, 0.2) is 42.5 Å². The summed E-state index contributed by atoms with van der Waals surface area (Å²) in [7, 11) is -4.22. The second-order valence-electron chi connectivity index (χ2n) is 7.90. The standard InChI is InChI=1S/C21H24F2NO3PS/c1-13(2)21(3,4)27-28(25,26)18(12-14-9-10-15(22)16(23)11-14)20-24-17-7-5-6-8-19(17)29-20/h5-11,13,18H,12H2,1-4H3,(H,25,26). The van der Waals surface area contributed by atoms with Crippen LogP contribution in [0.1, 0.15) is 43.9 Å². The third-order valence-corrected chi connectivity index (χ3v) is 8.43. The van der Waals surface area contributed by atoms with Crippen molar-refractivity contribution in [3.05, 3.63) is 64.7 Å². The van der Waals surface area contributed by atoms with E-state index in [1.165, 1.54) is 17.4 Å². The summed E-state index contributed by atoms with van der Waals surface area (Å²) in [6.07, 6.45) is -0.00102. The van der Waals surface area contributed by atoms with Crippen molar-refractivity contribution in [1.29, 1.82) is 0 Å². The molecule has 4 nitrogen and oxygen atoms in total. The first-order chi connectivity index (χ1) is 13.5. The van der Waals surface area contributed by atoms with Crippen molar-refractivity contribution in [2.75, 3.05) is 0 Å². The average Bonchev–Trinajstić information content (AvgIpc) is 3.05. The SMILES string of the molecule is CC(C)C(C)(C)OP(=O)(O)C(Cc1ccc(F)c(F)c1)c1nc2ccccc2s1. The minimum Gasteiger partial charge on any atom is -0.324 e. The Bertz CT molecular complexity index is 1030. The van der Waals surface area contributed by atoms with Gasteiger partial charge in [0.25, 0.3) is 0 Å². The normalized spacial score (nSPS) is 15.6. The molecule has 0 fully saturated rings. The molecule has 0 saturated heterocycles. The lowest BCUT2D eigenvalue weighted by atomic mass is 9.95. The van der Waals surface area contributed by atoms with Crippen LogP contribution in [-0.4, -0.2) is 15.5 Å². The lowest BCUT2D eigenvalue weighted by molar-refractivity contribution is 0.0448. The summed E-state index contributed by atoms with van der Waals surface area (Å²) in [5.41, 5.74) is -0.741. The molecule has 0 aliphatic carbocycles. The highest BCUT2D eigenvalue weighted by molar-refractivity contribution is 7.53. The number of fused-ring (bicyclic) bond motifs is 1. The van der Waals surface area contributed by atoms with Crippen LogP contribution in [0.5, 0.6) is 0 Å². The summed E-state index contributed by atoms with van der Waals surface area (Å²) < 4.78 is 47.1. The zero-order chi connectivity index (χ0) is 21.4. The van der Waals surface area contributed by atoms with Crippen molar-refractivity contribution < 1.29 is 22.8 Å². The fraction of sp³-hybridized carbons (Fsp3) is 0.381. The molecule has 0 bridgehead atoms. The molecule has 156 valence electrons. The van der Waals surface area contributed by atoms with Gasteiger partial charge in [-0.15, -0.1) is 11.3 Å². The maximum Gasteiger partial charge on any atom is 0.338 e. The van der Waals surface area contributed by atoms with E-state index in [-0.39, 0.29) is 12.3 Å². The van der Waals surface area contributed by atoms with E-state index >= 15 is 0 Å². The monoisotopic (exact) mass is 439 g/mol. The fourth-order valence-electron chi connectivity index (χ4n) is 2.77. The van der Waals surface area contributed by atoms with Gasteiger partial charge in [-0.2, -0.15) is 0 Å². The molecule has 2 atom stereocenters. The van der Waals surface area contributed by atoms with Gasteiger partial charge >= 0.3 is 7.60 Å². The summed E-state index contributed by atoms with van der Waals surface area (Å²) in [6.45, 7) is 7.32. The third-order valence-electron chi connectivity index (χ3n) is 5.16. The fourth-order valence-corrected chi connectivity index (χ4v) is 6.07. The van der Waals surface area contributed by atoms with Crippen molar-refractivity contribution in [2.45, 2.75) is 45.4 Å². The van der Waals surface area contributed by atoms with Gasteiger partial charge < -0.3 is 9.42 Å². The van der Waals surface area contributed by atoms with Crippen LogP contribution >= 0.6 is 18.9 Å². The van der Waals surface area contributed by atoms with Gasteiger partial charge in [0.15, 0.2) is 11.6 Å². The molecule has 3 rings (SSSR count). The van der Waals surface area contributed by atoms with Crippen LogP contribution in [-0.2, 0) is 15.5 Å². The highest BCUT2D eigenvalue weighted by Gasteiger charge is 2.42. The first kappa shape index (κ1) is 22.0. The molecule has 2 aromatic carbocycles. The number of hydrogen-bond donors (Lipinski definition) is 1. The van der Waals surface area contributed by atoms with E-state index in [1.807, 2.05) is 38.1 Å². The molecule has 2 unspecified atom stereocenters. The number of benzene rings is 2. The van der Waals surface area contributed by atoms with Gasteiger partial charge in [0.1, 0.15) is 10.7 Å². The van der Waals surface area contributed by atoms with E-state index in [2.05, 4.69) is 4.98 Å². The molecular formula is C21H24F2NO3PS. The lowest BCUT2D eigenvalue weighted by Crippen LogP contribution is -2.30. The molecule has 1 aromatic heterocycles. The Hall–Kier alpha value is -1.66. The van der Waals surface area contributed by atoms with E-state index in [0.717, 1.165) is 16.8 Å². The Morgan fingerprint density at radius 2 is 1.86 bits per heavy atom. The molecule has 0 radical (unpaired) electrons. The third kappa shape index (κ3) is 4.92. The Morgan fingerprint density at radius 3 is 2.48 bits per heavy atom. The maximum absolute atomic E-state index is 13.7. The second-order valence-corrected chi connectivity index (χ2v) is 10.9. The predicted octanol–water partition coefficient (Wildman–Crippen LogP) is 6.49. The predicted molar refractivity (Wildman–Crippen MR) is 112 cm³/mol. The second kappa shape index (κ2) is 8.23. The van der Waals surface area contributed by atoms with Gasteiger partial charge in [0.2, 0.25) is 0 Å². The van der Waals surface area contributed by atoms with E-state index in [4.69, 9.17) is 4.52 Å². The molecule has 1 heterocycles. The summed E-state index contributed by atoms with van der Waals surface area (Å²) in [4.78, 5) is 15.5. The number of hydrogen-bond acceptors (Lipinski definition) is 4. The number of thiazole rings is 1. The molecule has 29 heavy (non-hydrogen) atoms. The number of rotatable bonds is 7. The summed E-state index contributed by atoms with van der Waals surface area (Å²) in [5.74, 6) is -1.97. The van der Waals surface area contributed by atoms with Gasteiger partial charge in [-0.1, -0.05) is 32.0 Å².